The first-order valence-electron chi connectivity index (χ1n) is 9.06. The number of hydrogen-bond donors (Lipinski definition) is 0. The highest BCUT2D eigenvalue weighted by Gasteiger charge is 2.29. The fourth-order valence-electron chi connectivity index (χ4n) is 3.50. The molecule has 1 atom stereocenters. The largest absolute Gasteiger partial charge is 0.445 e. The van der Waals surface area contributed by atoms with Gasteiger partial charge in [-0.1, -0.05) is 18.2 Å². The van der Waals surface area contributed by atoms with E-state index in [1.165, 1.54) is 6.07 Å². The normalized spacial score (nSPS) is 17.3. The summed E-state index contributed by atoms with van der Waals surface area (Å²) in [5, 5.41) is 4.07. The van der Waals surface area contributed by atoms with Gasteiger partial charge in [0.05, 0.1) is 23.9 Å². The lowest BCUT2D eigenvalue weighted by molar-refractivity contribution is 0.0698. The molecule has 0 radical (unpaired) electrons. The Morgan fingerprint density at radius 2 is 2.19 bits per heavy atom. The van der Waals surface area contributed by atoms with Gasteiger partial charge in [0.2, 0.25) is 0 Å². The van der Waals surface area contributed by atoms with Crippen LogP contribution < -0.4 is 0 Å². The zero-order chi connectivity index (χ0) is 18.8. The van der Waals surface area contributed by atoms with E-state index in [4.69, 9.17) is 4.42 Å². The van der Waals surface area contributed by atoms with Crippen LogP contribution in [0.4, 0.5) is 4.39 Å². The summed E-state index contributed by atoms with van der Waals surface area (Å²) in [6, 6.07) is 6.65. The first-order valence-corrected chi connectivity index (χ1v) is 9.06. The van der Waals surface area contributed by atoms with Gasteiger partial charge in [0.1, 0.15) is 11.6 Å². The van der Waals surface area contributed by atoms with E-state index in [1.807, 2.05) is 4.90 Å². The average molecular weight is 368 g/mol. The minimum absolute atomic E-state index is 0.0223. The Balaban J connectivity index is 1.45. The van der Waals surface area contributed by atoms with Crippen molar-refractivity contribution in [1.29, 1.82) is 0 Å². The summed E-state index contributed by atoms with van der Waals surface area (Å²) in [5.74, 6) is 1.02. The van der Waals surface area contributed by atoms with E-state index >= 15 is 0 Å². The summed E-state index contributed by atoms with van der Waals surface area (Å²) in [4.78, 5) is 18.9. The molecule has 3 aromatic rings. The summed E-state index contributed by atoms with van der Waals surface area (Å²) >= 11 is 0. The van der Waals surface area contributed by atoms with Gasteiger partial charge in [-0.15, -0.1) is 0 Å². The van der Waals surface area contributed by atoms with Crippen LogP contribution in [0.5, 0.6) is 0 Å². The van der Waals surface area contributed by atoms with Gasteiger partial charge < -0.3 is 9.32 Å². The number of rotatable bonds is 4. The van der Waals surface area contributed by atoms with E-state index in [0.29, 0.717) is 42.3 Å². The molecule has 1 aromatic carbocycles. The van der Waals surface area contributed by atoms with Gasteiger partial charge in [0.25, 0.3) is 5.91 Å². The minimum Gasteiger partial charge on any atom is -0.445 e. The summed E-state index contributed by atoms with van der Waals surface area (Å²) in [6.07, 6.45) is 7.14. The Bertz CT molecular complexity index is 949. The van der Waals surface area contributed by atoms with Crippen LogP contribution in [-0.4, -0.2) is 38.7 Å². The molecule has 1 unspecified atom stereocenters. The molecule has 0 spiro atoms. The van der Waals surface area contributed by atoms with Crippen LogP contribution in [0.15, 0.2) is 47.3 Å². The highest BCUT2D eigenvalue weighted by molar-refractivity contribution is 5.93. The molecule has 140 valence electrons. The van der Waals surface area contributed by atoms with Crippen LogP contribution >= 0.6 is 0 Å². The van der Waals surface area contributed by atoms with E-state index < -0.39 is 0 Å². The SMILES string of the molecule is Cn1cc(C(=O)N2CCCC(c3ncc(Cc4ccccc4F)o3)C2)cn1. The number of carbonyl (C=O) groups is 1. The van der Waals surface area contributed by atoms with E-state index in [2.05, 4.69) is 10.1 Å². The Morgan fingerprint density at radius 3 is 2.96 bits per heavy atom. The van der Waals surface area contributed by atoms with Crippen molar-refractivity contribution in [3.8, 4) is 0 Å². The Kier molecular flexibility index (Phi) is 4.75. The van der Waals surface area contributed by atoms with Gasteiger partial charge in [0.15, 0.2) is 5.89 Å². The van der Waals surface area contributed by atoms with E-state index in [9.17, 15) is 9.18 Å². The number of aryl methyl sites for hydroxylation is 1. The number of amides is 1. The molecular weight excluding hydrogens is 347 g/mol. The first-order chi connectivity index (χ1) is 13.1. The van der Waals surface area contributed by atoms with Crippen LogP contribution in [0.1, 0.15) is 46.3 Å². The molecular formula is C20H21FN4O2. The molecule has 3 heterocycles. The number of benzene rings is 1. The first kappa shape index (κ1) is 17.5. The zero-order valence-electron chi connectivity index (χ0n) is 15.1. The fraction of sp³-hybridized carbons (Fsp3) is 0.350. The van der Waals surface area contributed by atoms with Gasteiger partial charge in [-0.05, 0) is 24.5 Å². The molecule has 4 rings (SSSR count). The Hall–Kier alpha value is -2.96. The maximum Gasteiger partial charge on any atom is 0.257 e. The number of oxazole rings is 1. The van der Waals surface area contributed by atoms with Crippen molar-refractivity contribution in [3.05, 3.63) is 71.5 Å². The summed E-state index contributed by atoms with van der Waals surface area (Å²) in [7, 11) is 1.79. The Morgan fingerprint density at radius 1 is 1.33 bits per heavy atom. The summed E-state index contributed by atoms with van der Waals surface area (Å²) in [5.41, 5.74) is 1.17. The topological polar surface area (TPSA) is 64.2 Å². The monoisotopic (exact) mass is 368 g/mol. The molecule has 27 heavy (non-hydrogen) atoms. The summed E-state index contributed by atoms with van der Waals surface area (Å²) < 4.78 is 21.3. The third-order valence-corrected chi connectivity index (χ3v) is 4.90. The van der Waals surface area contributed by atoms with Crippen molar-refractivity contribution < 1.29 is 13.6 Å². The average Bonchev–Trinajstić information content (AvgIpc) is 3.32. The zero-order valence-corrected chi connectivity index (χ0v) is 15.1. The molecule has 0 saturated carbocycles. The molecule has 1 aliphatic heterocycles. The van der Waals surface area contributed by atoms with Crippen LogP contribution in [-0.2, 0) is 13.5 Å². The number of carbonyl (C=O) groups excluding carboxylic acids is 1. The number of nitrogens with zero attached hydrogens (tertiary/aromatic N) is 4. The number of aromatic nitrogens is 3. The lowest BCUT2D eigenvalue weighted by Crippen LogP contribution is -2.39. The van der Waals surface area contributed by atoms with Gasteiger partial charge in [-0.25, -0.2) is 9.37 Å². The van der Waals surface area contributed by atoms with Crippen LogP contribution in [0, 0.1) is 5.82 Å². The standard InChI is InChI=1S/C20H21FN4O2/c1-24-12-16(10-23-24)20(26)25-8-4-6-15(13-25)19-22-11-17(27-19)9-14-5-2-3-7-18(14)21/h2-3,5,7,10-12,15H,4,6,8-9,13H2,1H3. The van der Waals surface area contributed by atoms with Crippen LogP contribution in [0.25, 0.3) is 0 Å². The quantitative estimate of drug-likeness (QED) is 0.710. The summed E-state index contributed by atoms with van der Waals surface area (Å²) in [6.45, 7) is 1.28. The number of halogens is 1. The van der Waals surface area contributed by atoms with Crippen molar-refractivity contribution in [2.24, 2.45) is 7.05 Å². The number of likely N-dealkylation sites (tertiary alicyclic amines) is 1. The smallest absolute Gasteiger partial charge is 0.257 e. The predicted molar refractivity (Wildman–Crippen MR) is 96.8 cm³/mol. The van der Waals surface area contributed by atoms with Crippen molar-refractivity contribution in [2.75, 3.05) is 13.1 Å². The third kappa shape index (κ3) is 3.77. The molecule has 0 N–H and O–H groups in total. The molecule has 1 saturated heterocycles. The highest BCUT2D eigenvalue weighted by Crippen LogP contribution is 2.28. The van der Waals surface area contributed by atoms with Crippen LogP contribution in [0.2, 0.25) is 0 Å². The maximum atomic E-state index is 13.8. The van der Waals surface area contributed by atoms with E-state index in [-0.39, 0.29) is 17.6 Å². The predicted octanol–water partition coefficient (Wildman–Crippen LogP) is 3.16. The molecule has 1 amide bonds. The van der Waals surface area contributed by atoms with E-state index in [1.54, 1.807) is 48.5 Å². The maximum absolute atomic E-state index is 13.8. The van der Waals surface area contributed by atoms with Crippen molar-refractivity contribution in [3.63, 3.8) is 0 Å². The second-order valence-corrected chi connectivity index (χ2v) is 6.93. The van der Waals surface area contributed by atoms with Gasteiger partial charge in [-0.2, -0.15) is 5.10 Å². The molecule has 2 aromatic heterocycles. The minimum atomic E-state index is -0.249. The third-order valence-electron chi connectivity index (χ3n) is 4.90. The van der Waals surface area contributed by atoms with Gasteiger partial charge in [-0.3, -0.25) is 9.48 Å². The second kappa shape index (κ2) is 7.34. The molecule has 1 aliphatic rings. The molecule has 6 nitrogen and oxygen atoms in total. The van der Waals surface area contributed by atoms with Crippen LogP contribution in [0.3, 0.4) is 0 Å². The lowest BCUT2D eigenvalue weighted by Gasteiger charge is -2.31. The second-order valence-electron chi connectivity index (χ2n) is 6.93. The van der Waals surface area contributed by atoms with Crippen molar-refractivity contribution in [2.45, 2.75) is 25.2 Å². The van der Waals surface area contributed by atoms with Gasteiger partial charge >= 0.3 is 0 Å². The number of piperidine rings is 1. The van der Waals surface area contributed by atoms with Crippen molar-refractivity contribution >= 4 is 5.91 Å². The Labute approximate surface area is 156 Å². The molecule has 0 aliphatic carbocycles. The number of hydrogen-bond acceptors (Lipinski definition) is 4. The molecule has 0 bridgehead atoms. The van der Waals surface area contributed by atoms with Crippen molar-refractivity contribution in [1.82, 2.24) is 19.7 Å². The molecule has 7 heteroatoms. The molecule has 1 fully saturated rings. The lowest BCUT2D eigenvalue weighted by atomic mass is 9.97. The highest BCUT2D eigenvalue weighted by atomic mass is 19.1. The van der Waals surface area contributed by atoms with Gasteiger partial charge in [0, 0.05) is 32.8 Å². The fourth-order valence-corrected chi connectivity index (χ4v) is 3.50. The van der Waals surface area contributed by atoms with E-state index in [0.717, 1.165) is 12.8 Å².